The third-order valence-electron chi connectivity index (χ3n) is 4.82. The number of amides is 1. The zero-order valence-corrected chi connectivity index (χ0v) is 17.2. The van der Waals surface area contributed by atoms with Gasteiger partial charge in [-0.25, -0.2) is 4.98 Å². The summed E-state index contributed by atoms with van der Waals surface area (Å²) in [6, 6.07) is 11.2. The maximum atomic E-state index is 13.3. The maximum absolute atomic E-state index is 13.3. The van der Waals surface area contributed by atoms with Crippen LogP contribution in [0.15, 0.2) is 42.6 Å². The quantitative estimate of drug-likeness (QED) is 0.636. The highest BCUT2D eigenvalue weighted by atomic mass is 32.2. The molecule has 2 aromatic carbocycles. The molecule has 8 heteroatoms. The van der Waals surface area contributed by atoms with Crippen LogP contribution >= 0.6 is 11.8 Å². The monoisotopic (exact) mass is 411 g/mol. The first-order chi connectivity index (χ1) is 14.2. The van der Waals surface area contributed by atoms with Crippen molar-refractivity contribution in [2.24, 2.45) is 0 Å². The van der Waals surface area contributed by atoms with Gasteiger partial charge in [-0.2, -0.15) is 0 Å². The predicted octanol–water partition coefficient (Wildman–Crippen LogP) is 3.54. The zero-order chi connectivity index (χ0) is 20.4. The summed E-state index contributed by atoms with van der Waals surface area (Å²) in [7, 11) is 4.77. The van der Waals surface area contributed by atoms with Crippen LogP contribution in [0, 0.1) is 0 Å². The minimum absolute atomic E-state index is 0.157. The van der Waals surface area contributed by atoms with Gasteiger partial charge in [0.15, 0.2) is 11.5 Å². The molecule has 29 heavy (non-hydrogen) atoms. The number of ether oxygens (including phenoxy) is 3. The van der Waals surface area contributed by atoms with E-state index in [1.54, 1.807) is 44.1 Å². The first-order valence-electron chi connectivity index (χ1n) is 9.10. The summed E-state index contributed by atoms with van der Waals surface area (Å²) in [4.78, 5) is 24.0. The van der Waals surface area contributed by atoms with Gasteiger partial charge in [0.05, 0.1) is 38.6 Å². The highest BCUT2D eigenvalue weighted by molar-refractivity contribution is 7.99. The number of rotatable bonds is 5. The van der Waals surface area contributed by atoms with Crippen molar-refractivity contribution in [3.05, 3.63) is 53.9 Å². The minimum atomic E-state index is -0.217. The summed E-state index contributed by atoms with van der Waals surface area (Å²) in [5, 5.41) is -0.217. The van der Waals surface area contributed by atoms with E-state index < -0.39 is 0 Å². The Morgan fingerprint density at radius 1 is 1.03 bits per heavy atom. The molecule has 1 aromatic heterocycles. The Labute approximate surface area is 173 Å². The van der Waals surface area contributed by atoms with Gasteiger partial charge in [0.25, 0.3) is 5.91 Å². The zero-order valence-electron chi connectivity index (χ0n) is 16.4. The lowest BCUT2D eigenvalue weighted by molar-refractivity contribution is 0.0753. The van der Waals surface area contributed by atoms with Gasteiger partial charge in [-0.1, -0.05) is 12.1 Å². The fraction of sp³-hybridized carbons (Fsp3) is 0.286. The molecule has 1 aliphatic rings. The van der Waals surface area contributed by atoms with E-state index in [0.717, 1.165) is 16.8 Å². The molecule has 1 unspecified atom stereocenters. The Morgan fingerprint density at radius 2 is 1.72 bits per heavy atom. The topological polar surface area (TPSA) is 73.8 Å². The van der Waals surface area contributed by atoms with E-state index in [1.807, 2.05) is 30.3 Å². The maximum Gasteiger partial charge on any atom is 0.275 e. The number of fused-ring (bicyclic) bond motifs is 1. The van der Waals surface area contributed by atoms with E-state index in [-0.39, 0.29) is 11.3 Å². The second-order valence-electron chi connectivity index (χ2n) is 6.41. The van der Waals surface area contributed by atoms with Crippen LogP contribution in [0.4, 0.5) is 0 Å². The summed E-state index contributed by atoms with van der Waals surface area (Å²) in [5.41, 5.74) is 2.65. The Morgan fingerprint density at radius 3 is 2.45 bits per heavy atom. The summed E-state index contributed by atoms with van der Waals surface area (Å²) >= 11 is 1.67. The molecule has 0 bridgehead atoms. The second-order valence-corrected chi connectivity index (χ2v) is 7.60. The van der Waals surface area contributed by atoms with Gasteiger partial charge >= 0.3 is 0 Å². The van der Waals surface area contributed by atoms with Crippen LogP contribution in [0.5, 0.6) is 17.2 Å². The molecule has 0 radical (unpaired) electrons. The fourth-order valence-electron chi connectivity index (χ4n) is 3.39. The number of carbonyl (C=O) groups excluding carboxylic acids is 1. The van der Waals surface area contributed by atoms with Crippen LogP contribution in [-0.2, 0) is 0 Å². The van der Waals surface area contributed by atoms with Gasteiger partial charge in [0, 0.05) is 23.9 Å². The summed E-state index contributed by atoms with van der Waals surface area (Å²) in [5.74, 6) is 2.47. The number of carbonyl (C=O) groups is 1. The molecular weight excluding hydrogens is 390 g/mol. The lowest BCUT2D eigenvalue weighted by atomic mass is 10.1. The lowest BCUT2D eigenvalue weighted by Gasteiger charge is -2.26. The third-order valence-corrected chi connectivity index (χ3v) is 6.06. The summed E-state index contributed by atoms with van der Waals surface area (Å²) < 4.78 is 16.4. The molecule has 2 heterocycles. The molecule has 0 N–H and O–H groups in total. The molecule has 7 nitrogen and oxygen atoms in total. The van der Waals surface area contributed by atoms with E-state index in [4.69, 9.17) is 14.2 Å². The summed E-state index contributed by atoms with van der Waals surface area (Å²) in [6.07, 6.45) is 1.54. The van der Waals surface area contributed by atoms with Crippen molar-refractivity contribution >= 4 is 28.7 Å². The number of para-hydroxylation sites is 2. The molecule has 1 fully saturated rings. The van der Waals surface area contributed by atoms with Crippen molar-refractivity contribution < 1.29 is 19.0 Å². The highest BCUT2D eigenvalue weighted by Crippen LogP contribution is 2.46. The first kappa shape index (κ1) is 19.3. The fourth-order valence-corrected chi connectivity index (χ4v) is 4.66. The SMILES string of the molecule is COc1cc(OC)c(C2SCCN2C(=O)c2cnc3ccccc3n2)cc1OC. The smallest absolute Gasteiger partial charge is 0.275 e. The van der Waals surface area contributed by atoms with Crippen molar-refractivity contribution in [1.82, 2.24) is 14.9 Å². The van der Waals surface area contributed by atoms with Gasteiger partial charge < -0.3 is 19.1 Å². The largest absolute Gasteiger partial charge is 0.496 e. The molecular formula is C21H21N3O4S. The molecule has 150 valence electrons. The Balaban J connectivity index is 1.70. The van der Waals surface area contributed by atoms with Gasteiger partial charge in [-0.05, 0) is 18.2 Å². The lowest BCUT2D eigenvalue weighted by Crippen LogP contribution is -2.31. The van der Waals surface area contributed by atoms with Crippen molar-refractivity contribution in [2.75, 3.05) is 33.6 Å². The summed E-state index contributed by atoms with van der Waals surface area (Å²) in [6.45, 7) is 0.611. The van der Waals surface area contributed by atoms with E-state index in [1.165, 1.54) is 6.20 Å². The first-order valence-corrected chi connectivity index (χ1v) is 10.2. The average Bonchev–Trinajstić information content (AvgIpc) is 3.26. The Kier molecular flexibility index (Phi) is 5.44. The van der Waals surface area contributed by atoms with Gasteiger partial charge in [0.2, 0.25) is 0 Å². The van der Waals surface area contributed by atoms with Gasteiger partial charge in [-0.3, -0.25) is 9.78 Å². The average molecular weight is 411 g/mol. The Hall–Kier alpha value is -3.00. The number of hydrogen-bond acceptors (Lipinski definition) is 7. The number of thioether (sulfide) groups is 1. The third kappa shape index (κ3) is 3.55. The normalized spacial score (nSPS) is 16.1. The molecule has 3 aromatic rings. The molecule has 1 amide bonds. The number of methoxy groups -OCH3 is 3. The standard InChI is InChI=1S/C21H21N3O4S/c1-26-17-11-19(28-3)18(27-2)10-13(17)21-24(8-9-29-21)20(25)16-12-22-14-6-4-5-7-15(14)23-16/h4-7,10-12,21H,8-9H2,1-3H3. The molecule has 1 atom stereocenters. The number of benzene rings is 2. The second kappa shape index (κ2) is 8.16. The number of nitrogens with zero attached hydrogens (tertiary/aromatic N) is 3. The number of hydrogen-bond donors (Lipinski definition) is 0. The van der Waals surface area contributed by atoms with Crippen molar-refractivity contribution in [3.8, 4) is 17.2 Å². The van der Waals surface area contributed by atoms with E-state index in [9.17, 15) is 4.79 Å². The van der Waals surface area contributed by atoms with Crippen LogP contribution in [0.2, 0.25) is 0 Å². The van der Waals surface area contributed by atoms with Crippen molar-refractivity contribution in [3.63, 3.8) is 0 Å². The highest BCUT2D eigenvalue weighted by Gasteiger charge is 2.34. The molecule has 1 saturated heterocycles. The number of aromatic nitrogens is 2. The minimum Gasteiger partial charge on any atom is -0.496 e. The van der Waals surface area contributed by atoms with Crippen LogP contribution < -0.4 is 14.2 Å². The molecule has 1 aliphatic heterocycles. The van der Waals surface area contributed by atoms with Gasteiger partial charge in [-0.15, -0.1) is 11.8 Å². The molecule has 0 aliphatic carbocycles. The molecule has 4 rings (SSSR count). The van der Waals surface area contributed by atoms with E-state index >= 15 is 0 Å². The van der Waals surface area contributed by atoms with Crippen molar-refractivity contribution in [1.29, 1.82) is 0 Å². The van der Waals surface area contributed by atoms with Crippen LogP contribution in [0.25, 0.3) is 11.0 Å². The molecule has 0 saturated carbocycles. The van der Waals surface area contributed by atoms with Crippen molar-refractivity contribution in [2.45, 2.75) is 5.37 Å². The van der Waals surface area contributed by atoms with Crippen LogP contribution in [-0.4, -0.2) is 54.4 Å². The van der Waals surface area contributed by atoms with E-state index in [2.05, 4.69) is 9.97 Å². The Bertz CT molecular complexity index is 1060. The van der Waals surface area contributed by atoms with Gasteiger partial charge in [0.1, 0.15) is 16.8 Å². The predicted molar refractivity (Wildman–Crippen MR) is 112 cm³/mol. The molecule has 0 spiro atoms. The van der Waals surface area contributed by atoms with Crippen LogP contribution in [0.3, 0.4) is 0 Å². The van der Waals surface area contributed by atoms with Crippen LogP contribution in [0.1, 0.15) is 21.4 Å². The van der Waals surface area contributed by atoms with E-state index in [0.29, 0.717) is 35.0 Å².